The molecule has 178 valence electrons. The van der Waals surface area contributed by atoms with E-state index in [4.69, 9.17) is 4.98 Å². The van der Waals surface area contributed by atoms with Gasteiger partial charge in [-0.3, -0.25) is 9.78 Å². The molecular formula is C29H46N2O. The summed E-state index contributed by atoms with van der Waals surface area (Å²) < 4.78 is 0. The number of amides is 1. The zero-order valence-corrected chi connectivity index (χ0v) is 20.4. The summed E-state index contributed by atoms with van der Waals surface area (Å²) in [5, 5.41) is 3.45. The highest BCUT2D eigenvalue weighted by Crippen LogP contribution is 2.40. The Morgan fingerprint density at radius 3 is 1.81 bits per heavy atom. The van der Waals surface area contributed by atoms with Crippen LogP contribution in [0.5, 0.6) is 0 Å². The Kier molecular flexibility index (Phi) is 9.47. The van der Waals surface area contributed by atoms with Crippen LogP contribution >= 0.6 is 0 Å². The molecule has 3 aliphatic carbocycles. The molecule has 0 spiro atoms. The van der Waals surface area contributed by atoms with E-state index in [1.807, 2.05) is 6.20 Å². The molecule has 0 aromatic carbocycles. The Hall–Kier alpha value is -1.38. The van der Waals surface area contributed by atoms with Gasteiger partial charge >= 0.3 is 0 Å². The molecule has 0 radical (unpaired) electrons. The lowest BCUT2D eigenvalue weighted by atomic mass is 9.83. The van der Waals surface area contributed by atoms with Crippen molar-refractivity contribution >= 4 is 11.6 Å². The second-order valence-corrected chi connectivity index (χ2v) is 10.9. The van der Waals surface area contributed by atoms with Gasteiger partial charge in [0.15, 0.2) is 0 Å². The number of pyridine rings is 1. The normalized spacial score (nSPS) is 22.8. The summed E-state index contributed by atoms with van der Waals surface area (Å²) >= 11 is 0. The lowest BCUT2D eigenvalue weighted by Gasteiger charge is -2.26. The summed E-state index contributed by atoms with van der Waals surface area (Å²) in [5.41, 5.74) is 5.36. The number of anilines is 1. The third-order valence-corrected chi connectivity index (χ3v) is 8.40. The fourth-order valence-corrected chi connectivity index (χ4v) is 6.51. The van der Waals surface area contributed by atoms with Crippen LogP contribution in [0.4, 0.5) is 5.69 Å². The number of hydrogen-bond donors (Lipinski definition) is 1. The SMILES string of the molecule is O=C(Nc1cnc2c(c1C1CCCCCCCCC1)CCC2)C1CCCCCCCCC1. The Balaban J connectivity index is 1.53. The number of carbonyl (C=O) groups excluding carboxylic acids is 1. The Bertz CT molecular complexity index is 708. The van der Waals surface area contributed by atoms with Crippen molar-refractivity contribution in [2.24, 2.45) is 5.92 Å². The first-order valence-corrected chi connectivity index (χ1v) is 14.1. The average Bonchev–Trinajstić information content (AvgIpc) is 3.29. The molecule has 3 aliphatic rings. The lowest BCUT2D eigenvalue weighted by Crippen LogP contribution is -2.25. The summed E-state index contributed by atoms with van der Waals surface area (Å²) in [5.74, 6) is 1.05. The van der Waals surface area contributed by atoms with Crippen molar-refractivity contribution in [3.63, 3.8) is 0 Å². The smallest absolute Gasteiger partial charge is 0.227 e. The summed E-state index contributed by atoms with van der Waals surface area (Å²) in [6.45, 7) is 0. The topological polar surface area (TPSA) is 42.0 Å². The van der Waals surface area contributed by atoms with E-state index in [9.17, 15) is 4.79 Å². The fourth-order valence-electron chi connectivity index (χ4n) is 6.51. The molecule has 2 saturated carbocycles. The van der Waals surface area contributed by atoms with Crippen molar-refractivity contribution < 1.29 is 4.79 Å². The molecule has 4 rings (SSSR count). The minimum Gasteiger partial charge on any atom is -0.324 e. The summed E-state index contributed by atoms with van der Waals surface area (Å²) in [6.07, 6.45) is 28.9. The number of rotatable bonds is 3. The van der Waals surface area contributed by atoms with Crippen LogP contribution in [-0.2, 0) is 17.6 Å². The van der Waals surface area contributed by atoms with E-state index in [0.29, 0.717) is 5.92 Å². The first-order valence-electron chi connectivity index (χ1n) is 14.1. The van der Waals surface area contributed by atoms with Crippen molar-refractivity contribution in [1.29, 1.82) is 0 Å². The van der Waals surface area contributed by atoms with E-state index in [1.54, 1.807) is 0 Å². The van der Waals surface area contributed by atoms with E-state index < -0.39 is 0 Å². The van der Waals surface area contributed by atoms with E-state index in [-0.39, 0.29) is 11.8 Å². The molecular weight excluding hydrogens is 392 g/mol. The minimum absolute atomic E-state index is 0.179. The highest BCUT2D eigenvalue weighted by Gasteiger charge is 2.27. The van der Waals surface area contributed by atoms with Gasteiger partial charge in [-0.1, -0.05) is 89.9 Å². The second-order valence-electron chi connectivity index (χ2n) is 10.9. The maximum Gasteiger partial charge on any atom is 0.227 e. The van der Waals surface area contributed by atoms with Crippen molar-refractivity contribution in [3.05, 3.63) is 23.0 Å². The van der Waals surface area contributed by atoms with Crippen LogP contribution in [0.15, 0.2) is 6.20 Å². The first kappa shape index (κ1) is 23.8. The molecule has 1 heterocycles. The summed E-state index contributed by atoms with van der Waals surface area (Å²) in [4.78, 5) is 18.3. The predicted molar refractivity (Wildman–Crippen MR) is 134 cm³/mol. The molecule has 0 atom stereocenters. The van der Waals surface area contributed by atoms with Crippen LogP contribution < -0.4 is 5.32 Å². The van der Waals surface area contributed by atoms with Gasteiger partial charge in [0.25, 0.3) is 0 Å². The maximum absolute atomic E-state index is 13.5. The summed E-state index contributed by atoms with van der Waals surface area (Å²) in [6, 6.07) is 0. The number of carbonyl (C=O) groups is 1. The fraction of sp³-hybridized carbons (Fsp3) is 0.793. The highest BCUT2D eigenvalue weighted by molar-refractivity contribution is 5.93. The zero-order chi connectivity index (χ0) is 22.0. The van der Waals surface area contributed by atoms with E-state index in [2.05, 4.69) is 5.32 Å². The monoisotopic (exact) mass is 438 g/mol. The Morgan fingerprint density at radius 2 is 1.22 bits per heavy atom. The van der Waals surface area contributed by atoms with Gasteiger partial charge in [0, 0.05) is 11.6 Å². The zero-order valence-electron chi connectivity index (χ0n) is 20.4. The summed E-state index contributed by atoms with van der Waals surface area (Å²) in [7, 11) is 0. The van der Waals surface area contributed by atoms with Crippen LogP contribution in [0.1, 0.15) is 145 Å². The molecule has 3 heteroatoms. The molecule has 0 saturated heterocycles. The van der Waals surface area contributed by atoms with Crippen LogP contribution in [0.2, 0.25) is 0 Å². The van der Waals surface area contributed by atoms with Crippen LogP contribution in [0.3, 0.4) is 0 Å². The minimum atomic E-state index is 0.179. The lowest BCUT2D eigenvalue weighted by molar-refractivity contribution is -0.120. The number of aryl methyl sites for hydroxylation is 1. The van der Waals surface area contributed by atoms with Crippen molar-refractivity contribution in [3.8, 4) is 0 Å². The molecule has 3 nitrogen and oxygen atoms in total. The molecule has 1 aromatic heterocycles. The Morgan fingerprint density at radius 1 is 0.688 bits per heavy atom. The van der Waals surface area contributed by atoms with Crippen molar-refractivity contribution in [1.82, 2.24) is 4.98 Å². The number of hydrogen-bond acceptors (Lipinski definition) is 2. The van der Waals surface area contributed by atoms with Gasteiger partial charge in [-0.2, -0.15) is 0 Å². The quantitative estimate of drug-likeness (QED) is 0.516. The first-order chi connectivity index (χ1) is 15.8. The van der Waals surface area contributed by atoms with Crippen LogP contribution in [0, 0.1) is 5.92 Å². The molecule has 2 fully saturated rings. The van der Waals surface area contributed by atoms with E-state index in [1.165, 1.54) is 126 Å². The number of fused-ring (bicyclic) bond motifs is 1. The van der Waals surface area contributed by atoms with Crippen molar-refractivity contribution in [2.75, 3.05) is 5.32 Å². The molecule has 32 heavy (non-hydrogen) atoms. The molecule has 0 aliphatic heterocycles. The van der Waals surface area contributed by atoms with Crippen LogP contribution in [-0.4, -0.2) is 10.9 Å². The van der Waals surface area contributed by atoms with Gasteiger partial charge in [0.05, 0.1) is 11.9 Å². The van der Waals surface area contributed by atoms with Crippen LogP contribution in [0.25, 0.3) is 0 Å². The number of aromatic nitrogens is 1. The van der Waals surface area contributed by atoms with Gasteiger partial charge in [0.2, 0.25) is 5.91 Å². The highest BCUT2D eigenvalue weighted by atomic mass is 16.1. The predicted octanol–water partition coefficient (Wildman–Crippen LogP) is 8.26. The van der Waals surface area contributed by atoms with Gasteiger partial charge in [-0.25, -0.2) is 0 Å². The molecule has 1 amide bonds. The molecule has 0 unspecified atom stereocenters. The Labute approximate surface area is 196 Å². The van der Waals surface area contributed by atoms with Crippen molar-refractivity contribution in [2.45, 2.75) is 141 Å². The number of nitrogens with one attached hydrogen (secondary N) is 1. The number of nitrogens with zero attached hydrogens (tertiary/aromatic N) is 1. The van der Waals surface area contributed by atoms with E-state index >= 15 is 0 Å². The van der Waals surface area contributed by atoms with Gasteiger partial charge in [-0.05, 0) is 62.0 Å². The van der Waals surface area contributed by atoms with Gasteiger partial charge in [0.1, 0.15) is 0 Å². The molecule has 1 N–H and O–H groups in total. The molecule has 1 aromatic rings. The van der Waals surface area contributed by atoms with Gasteiger partial charge < -0.3 is 5.32 Å². The largest absolute Gasteiger partial charge is 0.324 e. The second kappa shape index (κ2) is 12.8. The van der Waals surface area contributed by atoms with E-state index in [0.717, 1.165) is 31.4 Å². The van der Waals surface area contributed by atoms with Gasteiger partial charge in [-0.15, -0.1) is 0 Å². The molecule has 0 bridgehead atoms. The third-order valence-electron chi connectivity index (χ3n) is 8.40. The standard InChI is InChI=1S/C29H46N2O/c32-29(24-18-13-9-5-2-6-10-14-19-24)31-27-22-30-26-21-15-20-25(26)28(27)23-16-11-7-3-1-4-8-12-17-23/h22-24H,1-21H2,(H,31,32). The maximum atomic E-state index is 13.5. The third kappa shape index (κ3) is 6.58. The average molecular weight is 439 g/mol.